The fraction of sp³-hybridized carbons (Fsp3) is 0.647. The van der Waals surface area contributed by atoms with E-state index in [4.69, 9.17) is 4.74 Å². The molecule has 0 radical (unpaired) electrons. The van der Waals surface area contributed by atoms with Crippen molar-refractivity contribution in [3.05, 3.63) is 33.8 Å². The number of hydrogen-bond donors (Lipinski definition) is 1. The summed E-state index contributed by atoms with van der Waals surface area (Å²) >= 11 is 3.49. The Balaban J connectivity index is 0.00000169. The topological polar surface area (TPSA) is 24.5 Å². The van der Waals surface area contributed by atoms with E-state index in [0.29, 0.717) is 19.1 Å². The molecule has 3 nitrogen and oxygen atoms in total. The molecule has 2 aliphatic heterocycles. The van der Waals surface area contributed by atoms with Crippen molar-refractivity contribution in [2.45, 2.75) is 25.1 Å². The van der Waals surface area contributed by atoms with Crippen molar-refractivity contribution in [2.75, 3.05) is 39.4 Å². The molecule has 2 saturated heterocycles. The van der Waals surface area contributed by atoms with Crippen LogP contribution in [0.4, 0.5) is 13.2 Å². The van der Waals surface area contributed by atoms with Crippen LogP contribution in [0.25, 0.3) is 0 Å². The van der Waals surface area contributed by atoms with E-state index in [1.165, 1.54) is 12.1 Å². The van der Waals surface area contributed by atoms with Gasteiger partial charge in [-0.15, -0.1) is 24.8 Å². The largest absolute Gasteiger partial charge is 0.416 e. The highest BCUT2D eigenvalue weighted by atomic mass is 79.9. The molecular weight excluding hydrogens is 456 g/mol. The maximum atomic E-state index is 13.2. The van der Waals surface area contributed by atoms with Gasteiger partial charge in [0.05, 0.1) is 5.56 Å². The van der Waals surface area contributed by atoms with E-state index in [1.807, 2.05) is 0 Å². The molecule has 0 aliphatic carbocycles. The first-order chi connectivity index (χ1) is 11.5. The second-order valence-corrected chi connectivity index (χ2v) is 7.27. The van der Waals surface area contributed by atoms with Gasteiger partial charge in [-0.1, -0.05) is 15.9 Å². The van der Waals surface area contributed by atoms with Gasteiger partial charge in [0.1, 0.15) is 0 Å². The lowest BCUT2D eigenvalue weighted by atomic mass is 9.85. The van der Waals surface area contributed by atoms with Gasteiger partial charge in [-0.25, -0.2) is 0 Å². The number of alkyl halides is 3. The highest BCUT2D eigenvalue weighted by Gasteiger charge is 2.36. The summed E-state index contributed by atoms with van der Waals surface area (Å²) in [4.78, 5) is 2.33. The summed E-state index contributed by atoms with van der Waals surface area (Å²) in [5, 5.41) is 3.32. The van der Waals surface area contributed by atoms with Crippen LogP contribution in [-0.4, -0.2) is 44.3 Å². The maximum absolute atomic E-state index is 13.2. The zero-order chi connectivity index (χ0) is 17.2. The lowest BCUT2D eigenvalue weighted by Crippen LogP contribution is -2.47. The molecule has 26 heavy (non-hydrogen) atoms. The molecule has 1 atom stereocenters. The lowest BCUT2D eigenvalue weighted by Gasteiger charge is -2.41. The minimum atomic E-state index is -4.32. The number of piperazine rings is 1. The molecule has 150 valence electrons. The summed E-state index contributed by atoms with van der Waals surface area (Å²) in [7, 11) is 0. The van der Waals surface area contributed by atoms with Crippen molar-refractivity contribution in [3.63, 3.8) is 0 Å². The minimum Gasteiger partial charge on any atom is -0.381 e. The molecule has 1 N–H and O–H groups in total. The maximum Gasteiger partial charge on any atom is 0.416 e. The average Bonchev–Trinajstić information content (AvgIpc) is 2.58. The van der Waals surface area contributed by atoms with Gasteiger partial charge in [-0.3, -0.25) is 4.90 Å². The van der Waals surface area contributed by atoms with Gasteiger partial charge in [0, 0.05) is 49.9 Å². The zero-order valence-corrected chi connectivity index (χ0v) is 17.4. The third-order valence-electron chi connectivity index (χ3n) is 4.90. The minimum absolute atomic E-state index is 0. The van der Waals surface area contributed by atoms with Crippen molar-refractivity contribution in [1.29, 1.82) is 0 Å². The molecule has 9 heteroatoms. The summed E-state index contributed by atoms with van der Waals surface area (Å²) < 4.78 is 45.8. The van der Waals surface area contributed by atoms with E-state index in [2.05, 4.69) is 26.1 Å². The smallest absolute Gasteiger partial charge is 0.381 e. The predicted molar refractivity (Wildman–Crippen MR) is 104 cm³/mol. The van der Waals surface area contributed by atoms with Crippen molar-refractivity contribution < 1.29 is 17.9 Å². The number of benzene rings is 1. The van der Waals surface area contributed by atoms with Crippen molar-refractivity contribution >= 4 is 40.7 Å². The standard InChI is InChI=1S/C17H22BrF3N2O.2ClH/c18-15-2-1-13(17(19,20)21)11-14(15)16(12-3-9-24-10-4-12)23-7-5-22-6-8-23;;/h1-2,11-12,16,22H,3-10H2;2*1H/t16-;;/m0../s1. The molecule has 0 unspecified atom stereocenters. The summed E-state index contributed by atoms with van der Waals surface area (Å²) in [6, 6.07) is 4.00. The second kappa shape index (κ2) is 10.5. The number of ether oxygens (including phenoxy) is 1. The van der Waals surface area contributed by atoms with Crippen LogP contribution in [0.1, 0.15) is 30.0 Å². The van der Waals surface area contributed by atoms with E-state index in [9.17, 15) is 13.2 Å². The average molecular weight is 480 g/mol. The number of nitrogens with one attached hydrogen (secondary N) is 1. The molecule has 2 fully saturated rings. The molecule has 0 aromatic heterocycles. The summed E-state index contributed by atoms with van der Waals surface area (Å²) in [6.07, 6.45) is -2.55. The molecule has 2 heterocycles. The van der Waals surface area contributed by atoms with Gasteiger partial charge in [0.15, 0.2) is 0 Å². The first-order valence-electron chi connectivity index (χ1n) is 8.36. The second-order valence-electron chi connectivity index (χ2n) is 6.41. The van der Waals surface area contributed by atoms with Gasteiger partial charge in [0.25, 0.3) is 0 Å². The fourth-order valence-corrected chi connectivity index (χ4v) is 4.17. The van der Waals surface area contributed by atoms with Crippen LogP contribution < -0.4 is 5.32 Å². The number of nitrogens with zero attached hydrogens (tertiary/aromatic N) is 1. The van der Waals surface area contributed by atoms with Gasteiger partial charge in [-0.2, -0.15) is 13.2 Å². The first-order valence-corrected chi connectivity index (χ1v) is 9.15. The molecule has 1 aromatic rings. The number of rotatable bonds is 3. The molecule has 1 aromatic carbocycles. The van der Waals surface area contributed by atoms with Crippen molar-refractivity contribution in [3.8, 4) is 0 Å². The van der Waals surface area contributed by atoms with E-state index < -0.39 is 11.7 Å². The normalized spacial score (nSPS) is 20.8. The Morgan fingerprint density at radius 2 is 1.73 bits per heavy atom. The van der Waals surface area contributed by atoms with Crippen LogP contribution in [-0.2, 0) is 10.9 Å². The molecule has 2 aliphatic rings. The third-order valence-corrected chi connectivity index (χ3v) is 5.62. The highest BCUT2D eigenvalue weighted by molar-refractivity contribution is 9.10. The number of hydrogen-bond acceptors (Lipinski definition) is 3. The summed E-state index contributed by atoms with van der Waals surface area (Å²) in [6.45, 7) is 4.82. The Bertz CT molecular complexity index is 547. The van der Waals surface area contributed by atoms with E-state index >= 15 is 0 Å². The van der Waals surface area contributed by atoms with Crippen LogP contribution in [0.2, 0.25) is 0 Å². The van der Waals surface area contributed by atoms with Crippen molar-refractivity contribution in [1.82, 2.24) is 10.2 Å². The quantitative estimate of drug-likeness (QED) is 0.680. The van der Waals surface area contributed by atoms with Crippen LogP contribution in [0, 0.1) is 5.92 Å². The SMILES string of the molecule is Cl.Cl.FC(F)(F)c1ccc(Br)c([C@H](C2CCOCC2)N2CCNCC2)c1. The van der Waals surface area contributed by atoms with Crippen LogP contribution in [0.5, 0.6) is 0 Å². The molecule has 0 amide bonds. The van der Waals surface area contributed by atoms with Gasteiger partial charge in [0.2, 0.25) is 0 Å². The predicted octanol–water partition coefficient (Wildman–Crippen LogP) is 4.68. The highest BCUT2D eigenvalue weighted by Crippen LogP contribution is 2.41. The Morgan fingerprint density at radius 1 is 1.12 bits per heavy atom. The third kappa shape index (κ3) is 5.72. The van der Waals surface area contributed by atoms with Crippen LogP contribution in [0.15, 0.2) is 22.7 Å². The fourth-order valence-electron chi connectivity index (χ4n) is 3.69. The number of halogens is 6. The van der Waals surface area contributed by atoms with E-state index in [0.717, 1.165) is 55.1 Å². The first kappa shape index (κ1) is 24.0. The summed E-state index contributed by atoms with van der Waals surface area (Å²) in [5.74, 6) is 0.316. The van der Waals surface area contributed by atoms with Gasteiger partial charge >= 0.3 is 6.18 Å². The molecule has 0 bridgehead atoms. The molecule has 0 saturated carbocycles. The monoisotopic (exact) mass is 478 g/mol. The van der Waals surface area contributed by atoms with E-state index in [-0.39, 0.29) is 30.9 Å². The Labute approximate surface area is 173 Å². The Kier molecular flexibility index (Phi) is 9.67. The Hall–Kier alpha value is -0.0500. The molecular formula is C17H24BrCl2F3N2O. The van der Waals surface area contributed by atoms with Gasteiger partial charge < -0.3 is 10.1 Å². The van der Waals surface area contributed by atoms with Crippen LogP contribution in [0.3, 0.4) is 0 Å². The van der Waals surface area contributed by atoms with Gasteiger partial charge in [-0.05, 0) is 42.5 Å². The molecule has 3 rings (SSSR count). The zero-order valence-electron chi connectivity index (χ0n) is 14.2. The lowest BCUT2D eigenvalue weighted by molar-refractivity contribution is -0.137. The van der Waals surface area contributed by atoms with Crippen LogP contribution >= 0.6 is 40.7 Å². The van der Waals surface area contributed by atoms with Crippen molar-refractivity contribution in [2.24, 2.45) is 5.92 Å². The summed E-state index contributed by atoms with van der Waals surface area (Å²) in [5.41, 5.74) is 0.173. The Morgan fingerprint density at radius 3 is 2.31 bits per heavy atom. The van der Waals surface area contributed by atoms with E-state index in [1.54, 1.807) is 0 Å². The molecule has 0 spiro atoms.